The molecule has 0 aromatic carbocycles. The van der Waals surface area contributed by atoms with Crippen LogP contribution < -0.4 is 0 Å². The van der Waals surface area contributed by atoms with Crippen molar-refractivity contribution in [3.05, 3.63) is 0 Å². The van der Waals surface area contributed by atoms with E-state index >= 15 is 0 Å². The average Bonchev–Trinajstić information content (AvgIpc) is 2.17. The van der Waals surface area contributed by atoms with E-state index in [-0.39, 0.29) is 0 Å². The molecule has 0 aromatic heterocycles. The summed E-state index contributed by atoms with van der Waals surface area (Å²) in [5.74, 6) is 1.92. The second kappa shape index (κ2) is 4.54. The third-order valence-electron chi connectivity index (χ3n) is 4.62. The molecule has 1 saturated carbocycles. The maximum atomic E-state index is 8.85. The fraction of sp³-hybridized carbons (Fsp3) is 0.923. The molecule has 0 bridgehead atoms. The SMILES string of the molecule is CC(C)C(C)(C)[C@@H]1CC/C(=N\O)[C@H](C)C1. The monoisotopic (exact) mass is 211 g/mol. The van der Waals surface area contributed by atoms with Gasteiger partial charge in [-0.1, -0.05) is 39.8 Å². The van der Waals surface area contributed by atoms with E-state index in [2.05, 4.69) is 39.8 Å². The van der Waals surface area contributed by atoms with Gasteiger partial charge in [-0.3, -0.25) is 0 Å². The molecule has 0 radical (unpaired) electrons. The van der Waals surface area contributed by atoms with Crippen molar-refractivity contribution in [1.82, 2.24) is 0 Å². The first-order valence-corrected chi connectivity index (χ1v) is 6.10. The van der Waals surface area contributed by atoms with Gasteiger partial charge in [0.15, 0.2) is 0 Å². The van der Waals surface area contributed by atoms with Gasteiger partial charge in [-0.2, -0.15) is 0 Å². The Morgan fingerprint density at radius 1 is 1.40 bits per heavy atom. The van der Waals surface area contributed by atoms with Crippen molar-refractivity contribution in [2.75, 3.05) is 0 Å². The molecule has 15 heavy (non-hydrogen) atoms. The Morgan fingerprint density at radius 3 is 2.40 bits per heavy atom. The van der Waals surface area contributed by atoms with Gasteiger partial charge in [-0.25, -0.2) is 0 Å². The number of rotatable bonds is 2. The van der Waals surface area contributed by atoms with Gasteiger partial charge >= 0.3 is 0 Å². The lowest BCUT2D eigenvalue weighted by Gasteiger charge is -2.42. The first kappa shape index (κ1) is 12.5. The first-order valence-electron chi connectivity index (χ1n) is 6.10. The molecule has 0 spiro atoms. The van der Waals surface area contributed by atoms with Crippen LogP contribution in [0.2, 0.25) is 0 Å². The number of hydrogen-bond acceptors (Lipinski definition) is 2. The van der Waals surface area contributed by atoms with Crippen LogP contribution in [-0.2, 0) is 0 Å². The zero-order chi connectivity index (χ0) is 11.6. The molecule has 2 heteroatoms. The van der Waals surface area contributed by atoms with E-state index in [4.69, 9.17) is 5.21 Å². The summed E-state index contributed by atoms with van der Waals surface area (Å²) in [6.45, 7) is 11.5. The highest BCUT2D eigenvalue weighted by Gasteiger charge is 2.36. The van der Waals surface area contributed by atoms with Crippen LogP contribution in [0.5, 0.6) is 0 Å². The number of oxime groups is 1. The van der Waals surface area contributed by atoms with E-state index < -0.39 is 0 Å². The Labute approximate surface area is 93.8 Å². The lowest BCUT2D eigenvalue weighted by Crippen LogP contribution is -2.35. The van der Waals surface area contributed by atoms with Crippen molar-refractivity contribution in [2.24, 2.45) is 28.3 Å². The zero-order valence-corrected chi connectivity index (χ0v) is 10.7. The Kier molecular flexibility index (Phi) is 3.80. The lowest BCUT2D eigenvalue weighted by atomic mass is 9.63. The normalized spacial score (nSPS) is 31.2. The van der Waals surface area contributed by atoms with Gasteiger partial charge in [0.2, 0.25) is 0 Å². The highest BCUT2D eigenvalue weighted by Crippen LogP contribution is 2.43. The van der Waals surface area contributed by atoms with Crippen LogP contribution in [-0.4, -0.2) is 10.9 Å². The molecular formula is C13H25NO. The van der Waals surface area contributed by atoms with Crippen LogP contribution in [0.15, 0.2) is 5.16 Å². The van der Waals surface area contributed by atoms with Crippen molar-refractivity contribution in [3.8, 4) is 0 Å². The number of nitrogens with zero attached hydrogens (tertiary/aromatic N) is 1. The van der Waals surface area contributed by atoms with Crippen molar-refractivity contribution >= 4 is 5.71 Å². The molecule has 1 aliphatic rings. The number of hydrogen-bond donors (Lipinski definition) is 1. The summed E-state index contributed by atoms with van der Waals surface area (Å²) < 4.78 is 0. The van der Waals surface area contributed by atoms with E-state index in [1.807, 2.05) is 0 Å². The second-order valence-corrected chi connectivity index (χ2v) is 5.94. The lowest BCUT2D eigenvalue weighted by molar-refractivity contribution is 0.107. The van der Waals surface area contributed by atoms with E-state index in [0.717, 1.165) is 18.1 Å². The van der Waals surface area contributed by atoms with Crippen LogP contribution in [0.25, 0.3) is 0 Å². The maximum absolute atomic E-state index is 8.85. The fourth-order valence-electron chi connectivity index (χ4n) is 2.54. The van der Waals surface area contributed by atoms with E-state index in [1.165, 1.54) is 12.8 Å². The Bertz CT molecular complexity index is 243. The van der Waals surface area contributed by atoms with Crippen LogP contribution >= 0.6 is 0 Å². The van der Waals surface area contributed by atoms with Crippen molar-refractivity contribution in [2.45, 2.75) is 53.9 Å². The van der Waals surface area contributed by atoms with E-state index in [0.29, 0.717) is 17.3 Å². The Morgan fingerprint density at radius 2 is 2.00 bits per heavy atom. The van der Waals surface area contributed by atoms with Gasteiger partial charge in [-0.15, -0.1) is 0 Å². The predicted octanol–water partition coefficient (Wildman–Crippen LogP) is 3.94. The summed E-state index contributed by atoms with van der Waals surface area (Å²) in [7, 11) is 0. The minimum Gasteiger partial charge on any atom is -0.411 e. The van der Waals surface area contributed by atoms with E-state index in [9.17, 15) is 0 Å². The molecule has 0 aromatic rings. The topological polar surface area (TPSA) is 32.6 Å². The summed E-state index contributed by atoms with van der Waals surface area (Å²) in [5.41, 5.74) is 1.39. The molecule has 2 atom stereocenters. The highest BCUT2D eigenvalue weighted by atomic mass is 16.4. The molecule has 1 aliphatic carbocycles. The molecule has 1 fully saturated rings. The molecule has 1 rings (SSSR count). The standard InChI is InChI=1S/C13H25NO/c1-9(2)13(4,5)11-6-7-12(14-15)10(3)8-11/h9-11,15H,6-8H2,1-5H3/b14-12+/t10-,11-/m1/s1. The second-order valence-electron chi connectivity index (χ2n) is 5.94. The minimum absolute atomic E-state index is 0.398. The van der Waals surface area contributed by atoms with Gasteiger partial charge < -0.3 is 5.21 Å². The summed E-state index contributed by atoms with van der Waals surface area (Å²) in [5, 5.41) is 12.3. The summed E-state index contributed by atoms with van der Waals surface area (Å²) >= 11 is 0. The Hall–Kier alpha value is -0.530. The van der Waals surface area contributed by atoms with Crippen molar-refractivity contribution < 1.29 is 5.21 Å². The quantitative estimate of drug-likeness (QED) is 0.544. The van der Waals surface area contributed by atoms with Crippen LogP contribution in [0.1, 0.15) is 53.9 Å². The van der Waals surface area contributed by atoms with E-state index in [1.54, 1.807) is 0 Å². The van der Waals surface area contributed by atoms with Crippen LogP contribution in [0, 0.1) is 23.2 Å². The summed E-state index contributed by atoms with van der Waals surface area (Å²) in [4.78, 5) is 0. The first-order chi connectivity index (χ1) is 6.89. The summed E-state index contributed by atoms with van der Waals surface area (Å²) in [6.07, 6.45) is 3.32. The Balaban J connectivity index is 2.69. The maximum Gasteiger partial charge on any atom is 0.0599 e. The van der Waals surface area contributed by atoms with Crippen molar-refractivity contribution in [3.63, 3.8) is 0 Å². The molecule has 0 heterocycles. The van der Waals surface area contributed by atoms with Gasteiger partial charge in [0.25, 0.3) is 0 Å². The fourth-order valence-corrected chi connectivity index (χ4v) is 2.54. The molecular weight excluding hydrogens is 186 g/mol. The van der Waals surface area contributed by atoms with Gasteiger partial charge in [0.05, 0.1) is 5.71 Å². The van der Waals surface area contributed by atoms with Crippen molar-refractivity contribution in [1.29, 1.82) is 0 Å². The zero-order valence-electron chi connectivity index (χ0n) is 10.7. The largest absolute Gasteiger partial charge is 0.411 e. The summed E-state index contributed by atoms with van der Waals surface area (Å²) in [6, 6.07) is 0. The van der Waals surface area contributed by atoms with Crippen LogP contribution in [0.3, 0.4) is 0 Å². The molecule has 1 N–H and O–H groups in total. The smallest absolute Gasteiger partial charge is 0.0599 e. The molecule has 0 amide bonds. The molecule has 88 valence electrons. The minimum atomic E-state index is 0.398. The molecule has 2 nitrogen and oxygen atoms in total. The van der Waals surface area contributed by atoms with Gasteiger partial charge in [0, 0.05) is 0 Å². The third-order valence-corrected chi connectivity index (χ3v) is 4.62. The highest BCUT2D eigenvalue weighted by molar-refractivity contribution is 5.86. The predicted molar refractivity (Wildman–Crippen MR) is 64.3 cm³/mol. The van der Waals surface area contributed by atoms with Gasteiger partial charge in [-0.05, 0) is 42.4 Å². The third kappa shape index (κ3) is 2.53. The van der Waals surface area contributed by atoms with Crippen LogP contribution in [0.4, 0.5) is 0 Å². The molecule has 0 unspecified atom stereocenters. The molecule has 0 aliphatic heterocycles. The average molecular weight is 211 g/mol. The van der Waals surface area contributed by atoms with Gasteiger partial charge in [0.1, 0.15) is 0 Å². The molecule has 0 saturated heterocycles.